The number of piperazine rings is 1. The maximum absolute atomic E-state index is 13.4. The van der Waals surface area contributed by atoms with Gasteiger partial charge in [-0.15, -0.1) is 0 Å². The highest BCUT2D eigenvalue weighted by Crippen LogP contribution is 2.23. The summed E-state index contributed by atoms with van der Waals surface area (Å²) in [5.41, 5.74) is 8.61. The van der Waals surface area contributed by atoms with Crippen LogP contribution in [0.5, 0.6) is 0 Å². The summed E-state index contributed by atoms with van der Waals surface area (Å²) in [6.45, 7) is 2.73. The van der Waals surface area contributed by atoms with E-state index in [1.54, 1.807) is 7.11 Å². The van der Waals surface area contributed by atoms with Gasteiger partial charge in [0.15, 0.2) is 0 Å². The van der Waals surface area contributed by atoms with Crippen molar-refractivity contribution < 1.29 is 9.53 Å². The summed E-state index contributed by atoms with van der Waals surface area (Å²) in [6, 6.07) is 13.3. The van der Waals surface area contributed by atoms with Gasteiger partial charge >= 0.3 is 0 Å². The van der Waals surface area contributed by atoms with Crippen LogP contribution in [0.1, 0.15) is 11.3 Å². The van der Waals surface area contributed by atoms with Crippen LogP contribution in [0.4, 0.5) is 5.82 Å². The molecule has 0 aliphatic carbocycles. The molecule has 0 radical (unpaired) electrons. The smallest absolute Gasteiger partial charge is 0.242 e. The number of carbonyl (C=O) groups is 1. The average molecular weight is 477 g/mol. The zero-order chi connectivity index (χ0) is 23.7. The molecule has 1 amide bonds. The molecule has 0 saturated carbocycles. The molecule has 0 unspecified atom stereocenters. The van der Waals surface area contributed by atoms with Crippen molar-refractivity contribution in [1.82, 2.24) is 24.8 Å². The van der Waals surface area contributed by atoms with Gasteiger partial charge in [0.2, 0.25) is 5.91 Å². The SMILES string of the molecule is COC[C@@H]1C(=O)N(Cc2ccc3c(N)ncnc3c2)CCN1Cc1cc2ccc(Cl)cc2cn1. The van der Waals surface area contributed by atoms with E-state index in [0.717, 1.165) is 39.5 Å². The van der Waals surface area contributed by atoms with Crippen molar-refractivity contribution in [3.05, 3.63) is 71.3 Å². The first kappa shape index (κ1) is 22.5. The normalized spacial score (nSPS) is 17.1. The van der Waals surface area contributed by atoms with Crippen molar-refractivity contribution in [3.8, 4) is 0 Å². The van der Waals surface area contributed by atoms with Crippen LogP contribution in [0.3, 0.4) is 0 Å². The van der Waals surface area contributed by atoms with E-state index in [1.165, 1.54) is 6.33 Å². The number of nitrogens with two attached hydrogens (primary N) is 1. The van der Waals surface area contributed by atoms with Crippen molar-refractivity contribution in [1.29, 1.82) is 0 Å². The van der Waals surface area contributed by atoms with Gasteiger partial charge in [0, 0.05) is 55.3 Å². The van der Waals surface area contributed by atoms with Crippen LogP contribution in [-0.2, 0) is 22.6 Å². The molecule has 174 valence electrons. The van der Waals surface area contributed by atoms with Gasteiger partial charge in [-0.05, 0) is 41.3 Å². The lowest BCUT2D eigenvalue weighted by molar-refractivity contribution is -0.145. The fraction of sp³-hybridized carbons (Fsp3) is 0.280. The van der Waals surface area contributed by atoms with Gasteiger partial charge in [-0.25, -0.2) is 9.97 Å². The molecule has 1 atom stereocenters. The highest BCUT2D eigenvalue weighted by atomic mass is 35.5. The second-order valence-electron chi connectivity index (χ2n) is 8.48. The average Bonchev–Trinajstić information content (AvgIpc) is 2.83. The molecular weight excluding hydrogens is 452 g/mol. The molecule has 2 aromatic heterocycles. The molecule has 2 N–H and O–H groups in total. The first-order chi connectivity index (χ1) is 16.5. The van der Waals surface area contributed by atoms with Gasteiger partial charge in [-0.3, -0.25) is 14.7 Å². The van der Waals surface area contributed by atoms with E-state index in [2.05, 4.69) is 25.9 Å². The maximum atomic E-state index is 13.4. The van der Waals surface area contributed by atoms with Crippen LogP contribution in [0, 0.1) is 0 Å². The Labute approximate surface area is 202 Å². The van der Waals surface area contributed by atoms with Crippen LogP contribution < -0.4 is 5.73 Å². The van der Waals surface area contributed by atoms with E-state index in [1.807, 2.05) is 47.5 Å². The van der Waals surface area contributed by atoms with E-state index in [0.29, 0.717) is 37.1 Å². The molecule has 1 saturated heterocycles. The van der Waals surface area contributed by atoms with E-state index in [9.17, 15) is 4.79 Å². The number of hydrogen-bond acceptors (Lipinski definition) is 7. The lowest BCUT2D eigenvalue weighted by Crippen LogP contribution is -2.57. The molecule has 5 rings (SSSR count). The largest absolute Gasteiger partial charge is 0.383 e. The number of nitrogens with zero attached hydrogens (tertiary/aromatic N) is 5. The molecule has 3 heterocycles. The Morgan fingerprint density at radius 1 is 1.06 bits per heavy atom. The Morgan fingerprint density at radius 3 is 2.79 bits per heavy atom. The standard InChI is InChI=1S/C25H25ClN6O2/c1-34-14-23-25(33)32(12-16-2-5-21-22(8-16)29-15-30-24(21)27)7-6-31(23)13-20-10-17-3-4-19(26)9-18(17)11-28-20/h2-5,8-11,15,23H,6-7,12-14H2,1H3,(H2,27,29,30)/t23-/m1/s1. The second-order valence-corrected chi connectivity index (χ2v) is 8.92. The lowest BCUT2D eigenvalue weighted by atomic mass is 10.1. The van der Waals surface area contributed by atoms with E-state index in [-0.39, 0.29) is 11.9 Å². The summed E-state index contributed by atoms with van der Waals surface area (Å²) in [5, 5.41) is 3.56. The van der Waals surface area contributed by atoms with Crippen LogP contribution >= 0.6 is 11.6 Å². The van der Waals surface area contributed by atoms with Crippen LogP contribution in [0.2, 0.25) is 5.02 Å². The number of hydrogen-bond donors (Lipinski definition) is 1. The molecule has 9 heteroatoms. The zero-order valence-electron chi connectivity index (χ0n) is 18.8. The Balaban J connectivity index is 1.33. The molecule has 0 spiro atoms. The summed E-state index contributed by atoms with van der Waals surface area (Å²) in [4.78, 5) is 30.4. The van der Waals surface area contributed by atoms with Gasteiger partial charge < -0.3 is 15.4 Å². The second kappa shape index (κ2) is 9.50. The Morgan fingerprint density at radius 2 is 1.94 bits per heavy atom. The number of rotatable bonds is 6. The summed E-state index contributed by atoms with van der Waals surface area (Å²) in [7, 11) is 1.62. The molecule has 2 aromatic carbocycles. The Kier molecular flexibility index (Phi) is 6.28. The molecular formula is C25H25ClN6O2. The minimum atomic E-state index is -0.375. The van der Waals surface area contributed by atoms with Crippen molar-refractivity contribution in [2.24, 2.45) is 0 Å². The molecule has 1 fully saturated rings. The van der Waals surface area contributed by atoms with Gasteiger partial charge in [0.1, 0.15) is 18.2 Å². The maximum Gasteiger partial charge on any atom is 0.242 e. The first-order valence-corrected chi connectivity index (χ1v) is 11.4. The number of anilines is 1. The zero-order valence-corrected chi connectivity index (χ0v) is 19.6. The van der Waals surface area contributed by atoms with Crippen molar-refractivity contribution in [3.63, 3.8) is 0 Å². The predicted molar refractivity (Wildman–Crippen MR) is 132 cm³/mol. The number of carbonyl (C=O) groups excluding carboxylic acids is 1. The van der Waals surface area contributed by atoms with Crippen LogP contribution in [0.15, 0.2) is 55.0 Å². The van der Waals surface area contributed by atoms with Gasteiger partial charge in [0.05, 0.1) is 17.8 Å². The number of nitrogen functional groups attached to an aromatic ring is 1. The monoisotopic (exact) mass is 476 g/mol. The summed E-state index contributed by atoms with van der Waals surface area (Å²) in [5.74, 6) is 0.495. The van der Waals surface area contributed by atoms with E-state index >= 15 is 0 Å². The molecule has 0 bridgehead atoms. The third-order valence-electron chi connectivity index (χ3n) is 6.23. The fourth-order valence-electron chi connectivity index (χ4n) is 4.46. The van der Waals surface area contributed by atoms with Gasteiger partial charge in [-0.2, -0.15) is 0 Å². The highest BCUT2D eigenvalue weighted by molar-refractivity contribution is 6.31. The third kappa shape index (κ3) is 4.52. The predicted octanol–water partition coefficient (Wildman–Crippen LogP) is 3.27. The minimum absolute atomic E-state index is 0.0444. The molecule has 4 aromatic rings. The van der Waals surface area contributed by atoms with Gasteiger partial charge in [-0.1, -0.05) is 23.7 Å². The summed E-state index contributed by atoms with van der Waals surface area (Å²) >= 11 is 6.09. The fourth-order valence-corrected chi connectivity index (χ4v) is 4.64. The number of ether oxygens (including phenoxy) is 1. The topological polar surface area (TPSA) is 97.5 Å². The quantitative estimate of drug-likeness (QED) is 0.456. The summed E-state index contributed by atoms with van der Waals surface area (Å²) < 4.78 is 5.42. The first-order valence-electron chi connectivity index (χ1n) is 11.1. The number of pyridine rings is 1. The third-order valence-corrected chi connectivity index (χ3v) is 6.46. The summed E-state index contributed by atoms with van der Waals surface area (Å²) in [6.07, 6.45) is 3.28. The Hall–Kier alpha value is -3.33. The van der Waals surface area contributed by atoms with Crippen molar-refractivity contribution in [2.45, 2.75) is 19.1 Å². The molecule has 1 aliphatic heterocycles. The van der Waals surface area contributed by atoms with E-state index in [4.69, 9.17) is 22.1 Å². The van der Waals surface area contributed by atoms with Gasteiger partial charge in [0.25, 0.3) is 0 Å². The highest BCUT2D eigenvalue weighted by Gasteiger charge is 2.35. The number of fused-ring (bicyclic) bond motifs is 2. The van der Waals surface area contributed by atoms with Crippen LogP contribution in [0.25, 0.3) is 21.7 Å². The number of methoxy groups -OCH3 is 1. The number of aromatic nitrogens is 3. The Bertz CT molecular complexity index is 1360. The van der Waals surface area contributed by atoms with E-state index < -0.39 is 0 Å². The minimum Gasteiger partial charge on any atom is -0.383 e. The van der Waals surface area contributed by atoms with Crippen molar-refractivity contribution >= 4 is 45.0 Å². The van der Waals surface area contributed by atoms with Crippen molar-refractivity contribution in [2.75, 3.05) is 32.5 Å². The number of benzene rings is 2. The molecule has 8 nitrogen and oxygen atoms in total. The lowest BCUT2D eigenvalue weighted by Gasteiger charge is -2.40. The molecule has 34 heavy (non-hydrogen) atoms. The molecule has 1 aliphatic rings. The van der Waals surface area contributed by atoms with Crippen LogP contribution in [-0.4, -0.2) is 63.5 Å². The number of halogens is 1. The number of amides is 1.